The van der Waals surface area contributed by atoms with Gasteiger partial charge in [-0.15, -0.1) is 11.3 Å². The number of rotatable bonds is 3. The number of thioether (sulfide) groups is 1. The summed E-state index contributed by atoms with van der Waals surface area (Å²) < 4.78 is 0.257. The summed E-state index contributed by atoms with van der Waals surface area (Å²) in [5, 5.41) is 1.19. The zero-order valence-corrected chi connectivity index (χ0v) is 13.6. The molecule has 3 heterocycles. The van der Waals surface area contributed by atoms with Crippen LogP contribution in [-0.2, 0) is 0 Å². The Balaban J connectivity index is 1.87. The predicted molar refractivity (Wildman–Crippen MR) is 88.9 cm³/mol. The zero-order chi connectivity index (χ0) is 14.2. The number of nitrogens with two attached hydrogens (primary N) is 1. The summed E-state index contributed by atoms with van der Waals surface area (Å²) in [5.41, 5.74) is 5.96. The first-order valence-electron chi connectivity index (χ1n) is 6.89. The molecule has 4 nitrogen and oxygen atoms in total. The van der Waals surface area contributed by atoms with Crippen LogP contribution in [0.4, 0.5) is 5.82 Å². The quantitative estimate of drug-likeness (QED) is 0.945. The maximum Gasteiger partial charge on any atom is 0.140 e. The van der Waals surface area contributed by atoms with E-state index in [0.717, 1.165) is 43.1 Å². The van der Waals surface area contributed by atoms with E-state index in [0.29, 0.717) is 0 Å². The molecule has 0 bridgehead atoms. The molecule has 6 heteroatoms. The summed E-state index contributed by atoms with van der Waals surface area (Å²) in [5.74, 6) is 1.09. The Morgan fingerprint density at radius 2 is 2.15 bits per heavy atom. The number of nitrogens with zero attached hydrogens (tertiary/aromatic N) is 3. The second-order valence-electron chi connectivity index (χ2n) is 5.35. The van der Waals surface area contributed by atoms with Crippen molar-refractivity contribution in [1.82, 2.24) is 9.97 Å². The van der Waals surface area contributed by atoms with E-state index in [1.54, 1.807) is 17.7 Å². The normalized spacial score (nSPS) is 18.6. The van der Waals surface area contributed by atoms with Gasteiger partial charge in [-0.1, -0.05) is 0 Å². The molecule has 2 N–H and O–H groups in total. The van der Waals surface area contributed by atoms with Crippen molar-refractivity contribution >= 4 is 39.1 Å². The van der Waals surface area contributed by atoms with Gasteiger partial charge in [-0.05, 0) is 32.1 Å². The average Bonchev–Trinajstić information content (AvgIpc) is 2.87. The SMILES string of the molecule is CSC1(CN)CCN(c2ncnc3sc(C)cc23)CC1. The number of aromatic nitrogens is 2. The fourth-order valence-electron chi connectivity index (χ4n) is 2.83. The first-order chi connectivity index (χ1) is 9.67. The minimum absolute atomic E-state index is 0.257. The molecule has 0 aliphatic carbocycles. The maximum absolute atomic E-state index is 5.96. The third-order valence-corrected chi connectivity index (χ3v) is 6.61. The highest BCUT2D eigenvalue weighted by Gasteiger charge is 2.33. The number of fused-ring (bicyclic) bond motifs is 1. The average molecular weight is 308 g/mol. The third kappa shape index (κ3) is 2.40. The second kappa shape index (κ2) is 5.50. The molecule has 3 rings (SSSR count). The Kier molecular flexibility index (Phi) is 3.88. The van der Waals surface area contributed by atoms with E-state index in [9.17, 15) is 0 Å². The van der Waals surface area contributed by atoms with Gasteiger partial charge >= 0.3 is 0 Å². The summed E-state index contributed by atoms with van der Waals surface area (Å²) in [7, 11) is 0. The van der Waals surface area contributed by atoms with Crippen LogP contribution in [-0.4, -0.2) is 40.6 Å². The first kappa shape index (κ1) is 14.1. The van der Waals surface area contributed by atoms with E-state index in [1.165, 1.54) is 10.3 Å². The van der Waals surface area contributed by atoms with Crippen molar-refractivity contribution in [3.05, 3.63) is 17.3 Å². The van der Waals surface area contributed by atoms with E-state index in [1.807, 2.05) is 11.8 Å². The van der Waals surface area contributed by atoms with Crippen molar-refractivity contribution in [2.75, 3.05) is 30.8 Å². The summed E-state index contributed by atoms with van der Waals surface area (Å²) in [6.45, 7) is 4.94. The van der Waals surface area contributed by atoms with Crippen LogP contribution in [0.2, 0.25) is 0 Å². The molecule has 0 radical (unpaired) electrons. The largest absolute Gasteiger partial charge is 0.356 e. The topological polar surface area (TPSA) is 55.0 Å². The molecule has 1 fully saturated rings. The second-order valence-corrected chi connectivity index (χ2v) is 7.86. The van der Waals surface area contributed by atoms with E-state index < -0.39 is 0 Å². The molecule has 0 unspecified atom stereocenters. The standard InChI is InChI=1S/C14H20N4S2/c1-10-7-11-12(16-9-17-13(11)20-10)18-5-3-14(8-15,19-2)4-6-18/h7,9H,3-6,8,15H2,1-2H3. The van der Waals surface area contributed by atoms with Crippen molar-refractivity contribution in [3.63, 3.8) is 0 Å². The smallest absolute Gasteiger partial charge is 0.140 e. The lowest BCUT2D eigenvalue weighted by Crippen LogP contribution is -2.46. The Morgan fingerprint density at radius 1 is 1.40 bits per heavy atom. The molecule has 1 aliphatic rings. The summed E-state index contributed by atoms with van der Waals surface area (Å²) in [6, 6.07) is 2.20. The van der Waals surface area contributed by atoms with Gasteiger partial charge in [0.2, 0.25) is 0 Å². The van der Waals surface area contributed by atoms with Crippen molar-refractivity contribution in [2.24, 2.45) is 5.73 Å². The van der Waals surface area contributed by atoms with Crippen LogP contribution in [0, 0.1) is 6.92 Å². The van der Waals surface area contributed by atoms with Gasteiger partial charge in [0.1, 0.15) is 17.0 Å². The summed E-state index contributed by atoms with van der Waals surface area (Å²) in [6.07, 6.45) is 6.11. The number of aryl methyl sites for hydroxylation is 1. The molecular weight excluding hydrogens is 288 g/mol. The Labute approximate surface area is 127 Å². The molecule has 0 aromatic carbocycles. The lowest BCUT2D eigenvalue weighted by Gasteiger charge is -2.40. The molecule has 0 saturated carbocycles. The van der Waals surface area contributed by atoms with Crippen molar-refractivity contribution in [3.8, 4) is 0 Å². The van der Waals surface area contributed by atoms with Crippen molar-refractivity contribution in [1.29, 1.82) is 0 Å². The van der Waals surface area contributed by atoms with Crippen molar-refractivity contribution < 1.29 is 0 Å². The molecule has 0 atom stereocenters. The van der Waals surface area contributed by atoms with Crippen LogP contribution >= 0.6 is 23.1 Å². The van der Waals surface area contributed by atoms with E-state index in [-0.39, 0.29) is 4.75 Å². The van der Waals surface area contributed by atoms with Crippen LogP contribution in [0.3, 0.4) is 0 Å². The zero-order valence-electron chi connectivity index (χ0n) is 11.9. The Bertz CT molecular complexity index is 596. The molecule has 2 aromatic heterocycles. The first-order valence-corrected chi connectivity index (χ1v) is 8.93. The molecule has 2 aromatic rings. The number of piperidine rings is 1. The van der Waals surface area contributed by atoms with E-state index >= 15 is 0 Å². The fourth-order valence-corrected chi connectivity index (χ4v) is 4.43. The number of anilines is 1. The van der Waals surface area contributed by atoms with Gasteiger partial charge in [0.15, 0.2) is 0 Å². The van der Waals surface area contributed by atoms with Crippen LogP contribution < -0.4 is 10.6 Å². The maximum atomic E-state index is 5.96. The lowest BCUT2D eigenvalue weighted by atomic mass is 9.95. The van der Waals surface area contributed by atoms with Crippen LogP contribution in [0.15, 0.2) is 12.4 Å². The highest BCUT2D eigenvalue weighted by atomic mass is 32.2. The molecule has 1 aliphatic heterocycles. The molecule has 108 valence electrons. The van der Waals surface area contributed by atoms with Crippen molar-refractivity contribution in [2.45, 2.75) is 24.5 Å². The Morgan fingerprint density at radius 3 is 2.80 bits per heavy atom. The number of hydrogen-bond donors (Lipinski definition) is 1. The van der Waals surface area contributed by atoms with E-state index in [2.05, 4.69) is 34.1 Å². The van der Waals surface area contributed by atoms with E-state index in [4.69, 9.17) is 5.73 Å². The van der Waals surface area contributed by atoms with Gasteiger partial charge in [0.25, 0.3) is 0 Å². The minimum atomic E-state index is 0.257. The van der Waals surface area contributed by atoms with Gasteiger partial charge in [-0.25, -0.2) is 9.97 Å². The third-order valence-electron chi connectivity index (χ3n) is 4.21. The van der Waals surface area contributed by atoms with Gasteiger partial charge in [-0.2, -0.15) is 11.8 Å². The van der Waals surface area contributed by atoms with Crippen LogP contribution in [0.5, 0.6) is 0 Å². The molecule has 1 saturated heterocycles. The predicted octanol–water partition coefficient (Wildman–Crippen LogP) is 2.66. The Hall–Kier alpha value is -0.850. The van der Waals surface area contributed by atoms with Gasteiger partial charge in [0.05, 0.1) is 5.39 Å². The van der Waals surface area contributed by atoms with Crippen LogP contribution in [0.1, 0.15) is 17.7 Å². The molecule has 20 heavy (non-hydrogen) atoms. The van der Waals surface area contributed by atoms with Gasteiger partial charge in [0, 0.05) is 29.3 Å². The monoisotopic (exact) mass is 308 g/mol. The molecule has 0 spiro atoms. The lowest BCUT2D eigenvalue weighted by molar-refractivity contribution is 0.456. The number of thiophene rings is 1. The summed E-state index contributed by atoms with van der Waals surface area (Å²) in [4.78, 5) is 13.7. The highest BCUT2D eigenvalue weighted by molar-refractivity contribution is 8.00. The summed E-state index contributed by atoms with van der Waals surface area (Å²) >= 11 is 3.65. The van der Waals surface area contributed by atoms with Gasteiger partial charge < -0.3 is 10.6 Å². The molecular formula is C14H20N4S2. The number of hydrogen-bond acceptors (Lipinski definition) is 6. The molecule has 0 amide bonds. The van der Waals surface area contributed by atoms with Crippen LogP contribution in [0.25, 0.3) is 10.2 Å². The minimum Gasteiger partial charge on any atom is -0.356 e. The van der Waals surface area contributed by atoms with Gasteiger partial charge in [-0.3, -0.25) is 0 Å². The fraction of sp³-hybridized carbons (Fsp3) is 0.571. The highest BCUT2D eigenvalue weighted by Crippen LogP contribution is 2.37.